The average Bonchev–Trinajstić information content (AvgIpc) is 2.89. The van der Waals surface area contributed by atoms with Crippen LogP contribution in [0.2, 0.25) is 0 Å². The van der Waals surface area contributed by atoms with Gasteiger partial charge in [0.05, 0.1) is 5.92 Å². The van der Waals surface area contributed by atoms with Gasteiger partial charge < -0.3 is 10.0 Å². The maximum absolute atomic E-state index is 12.2. The van der Waals surface area contributed by atoms with E-state index in [9.17, 15) is 9.59 Å². The molecule has 6 heteroatoms. The number of halogens is 1. The fraction of sp³-hybridized carbons (Fsp3) is 0.429. The van der Waals surface area contributed by atoms with Crippen molar-refractivity contribution in [3.63, 3.8) is 0 Å². The average molecular weight is 316 g/mol. The minimum Gasteiger partial charge on any atom is -0.481 e. The molecule has 4 nitrogen and oxygen atoms in total. The lowest BCUT2D eigenvalue weighted by Crippen LogP contribution is -2.29. The minimum absolute atomic E-state index is 0. The van der Waals surface area contributed by atoms with Gasteiger partial charge in [0.1, 0.15) is 0 Å². The summed E-state index contributed by atoms with van der Waals surface area (Å²) in [5.74, 6) is -0.371. The lowest BCUT2D eigenvalue weighted by molar-refractivity contribution is -0.141. The molecule has 0 radical (unpaired) electrons. The molecule has 1 aromatic carbocycles. The molecule has 1 aromatic rings. The van der Waals surface area contributed by atoms with E-state index >= 15 is 0 Å². The minimum atomic E-state index is -0.814. The first-order valence-corrected chi connectivity index (χ1v) is 7.61. The summed E-state index contributed by atoms with van der Waals surface area (Å²) >= 11 is 1.74. The summed E-state index contributed by atoms with van der Waals surface area (Å²) in [6.45, 7) is 0.850. The van der Waals surface area contributed by atoms with E-state index in [2.05, 4.69) is 0 Å². The standard InChI is InChI=1S/C14H17NO3S.ClH/c1-19-9-10-2-4-11(5-3-10)13(16)15-7-6-12(8-15)14(17)18;/h2-5,12H,6-9H2,1H3,(H,17,18);1H. The molecule has 2 rings (SSSR count). The van der Waals surface area contributed by atoms with Crippen molar-refractivity contribution in [2.24, 2.45) is 5.92 Å². The normalized spacial score (nSPS) is 17.6. The highest BCUT2D eigenvalue weighted by molar-refractivity contribution is 7.97. The van der Waals surface area contributed by atoms with Crippen molar-refractivity contribution in [1.29, 1.82) is 0 Å². The van der Waals surface area contributed by atoms with E-state index < -0.39 is 11.9 Å². The Morgan fingerprint density at radius 2 is 2.00 bits per heavy atom. The fourth-order valence-electron chi connectivity index (χ4n) is 2.24. The Morgan fingerprint density at radius 1 is 1.35 bits per heavy atom. The van der Waals surface area contributed by atoms with Crippen LogP contribution in [0.4, 0.5) is 0 Å². The number of nitrogens with zero attached hydrogens (tertiary/aromatic N) is 1. The molecule has 0 aliphatic carbocycles. The molecule has 1 aliphatic rings. The summed E-state index contributed by atoms with van der Waals surface area (Å²) < 4.78 is 0. The Morgan fingerprint density at radius 3 is 2.50 bits per heavy atom. The Labute approximate surface area is 128 Å². The van der Waals surface area contributed by atoms with E-state index in [1.54, 1.807) is 16.7 Å². The van der Waals surface area contributed by atoms with Crippen molar-refractivity contribution in [1.82, 2.24) is 4.90 Å². The zero-order chi connectivity index (χ0) is 13.8. The largest absolute Gasteiger partial charge is 0.481 e. The maximum Gasteiger partial charge on any atom is 0.308 e. The lowest BCUT2D eigenvalue weighted by Gasteiger charge is -2.16. The number of likely N-dealkylation sites (tertiary alicyclic amines) is 1. The van der Waals surface area contributed by atoms with Crippen LogP contribution < -0.4 is 0 Å². The van der Waals surface area contributed by atoms with Gasteiger partial charge in [-0.3, -0.25) is 9.59 Å². The molecule has 1 saturated heterocycles. The highest BCUT2D eigenvalue weighted by Gasteiger charge is 2.31. The predicted octanol–water partition coefficient (Wildman–Crippen LogP) is 2.52. The quantitative estimate of drug-likeness (QED) is 0.927. The number of carbonyl (C=O) groups excluding carboxylic acids is 1. The molecule has 1 N–H and O–H groups in total. The van der Waals surface area contributed by atoms with Crippen LogP contribution in [-0.4, -0.2) is 41.2 Å². The van der Waals surface area contributed by atoms with Gasteiger partial charge in [-0.05, 0) is 30.4 Å². The maximum atomic E-state index is 12.2. The highest BCUT2D eigenvalue weighted by atomic mass is 35.5. The molecule has 0 bridgehead atoms. The summed E-state index contributed by atoms with van der Waals surface area (Å²) in [7, 11) is 0. The van der Waals surface area contributed by atoms with Crippen LogP contribution in [-0.2, 0) is 10.5 Å². The second kappa shape index (κ2) is 7.55. The summed E-state index contributed by atoms with van der Waals surface area (Å²) in [6, 6.07) is 7.55. The number of amides is 1. The third kappa shape index (κ3) is 3.90. The topological polar surface area (TPSA) is 57.6 Å². The van der Waals surface area contributed by atoms with E-state index in [0.29, 0.717) is 25.1 Å². The van der Waals surface area contributed by atoms with Crippen molar-refractivity contribution in [3.8, 4) is 0 Å². The summed E-state index contributed by atoms with van der Waals surface area (Å²) in [6.07, 6.45) is 2.58. The molecule has 0 saturated carbocycles. The Bertz CT molecular complexity index is 478. The second-order valence-corrected chi connectivity index (χ2v) is 5.57. The molecule has 1 heterocycles. The Hall–Kier alpha value is -1.20. The SMILES string of the molecule is CSCc1ccc(C(=O)N2CCC(C(=O)O)C2)cc1.Cl. The number of rotatable bonds is 4. The highest BCUT2D eigenvalue weighted by Crippen LogP contribution is 2.19. The number of carboxylic acids is 1. The zero-order valence-electron chi connectivity index (χ0n) is 11.2. The molecule has 0 aromatic heterocycles. The van der Waals surface area contributed by atoms with Gasteiger partial charge in [0, 0.05) is 24.4 Å². The molecule has 1 atom stereocenters. The summed E-state index contributed by atoms with van der Waals surface area (Å²) in [4.78, 5) is 24.7. The third-order valence-electron chi connectivity index (χ3n) is 3.34. The van der Waals surface area contributed by atoms with Crippen molar-refractivity contribution in [2.45, 2.75) is 12.2 Å². The third-order valence-corrected chi connectivity index (χ3v) is 3.96. The van der Waals surface area contributed by atoms with Crippen LogP contribution in [0.25, 0.3) is 0 Å². The molecule has 0 spiro atoms. The number of aliphatic carboxylic acids is 1. The molecule has 110 valence electrons. The first-order valence-electron chi connectivity index (χ1n) is 6.21. The van der Waals surface area contributed by atoms with Gasteiger partial charge in [-0.25, -0.2) is 0 Å². The van der Waals surface area contributed by atoms with Crippen LogP contribution in [0.5, 0.6) is 0 Å². The number of benzene rings is 1. The first-order chi connectivity index (χ1) is 9.11. The van der Waals surface area contributed by atoms with Gasteiger partial charge in [0.15, 0.2) is 0 Å². The van der Waals surface area contributed by atoms with Crippen molar-refractivity contribution < 1.29 is 14.7 Å². The molecule has 1 unspecified atom stereocenters. The van der Waals surface area contributed by atoms with Gasteiger partial charge in [0.25, 0.3) is 5.91 Å². The molecule has 1 amide bonds. The van der Waals surface area contributed by atoms with Crippen molar-refractivity contribution in [2.75, 3.05) is 19.3 Å². The summed E-state index contributed by atoms with van der Waals surface area (Å²) in [5.41, 5.74) is 1.82. The van der Waals surface area contributed by atoms with E-state index in [1.807, 2.05) is 30.5 Å². The van der Waals surface area contributed by atoms with Crippen molar-refractivity contribution in [3.05, 3.63) is 35.4 Å². The van der Waals surface area contributed by atoms with Gasteiger partial charge in [-0.15, -0.1) is 12.4 Å². The fourth-order valence-corrected chi connectivity index (χ4v) is 2.76. The van der Waals surface area contributed by atoms with Gasteiger partial charge in [0.2, 0.25) is 0 Å². The van der Waals surface area contributed by atoms with Crippen LogP contribution >= 0.6 is 24.2 Å². The number of carboxylic acid groups (broad SMARTS) is 1. The van der Waals surface area contributed by atoms with E-state index in [0.717, 1.165) is 5.75 Å². The smallest absolute Gasteiger partial charge is 0.308 e. The van der Waals surface area contributed by atoms with Crippen molar-refractivity contribution >= 4 is 36.0 Å². The zero-order valence-corrected chi connectivity index (χ0v) is 12.9. The van der Waals surface area contributed by atoms with E-state index in [4.69, 9.17) is 5.11 Å². The van der Waals surface area contributed by atoms with Gasteiger partial charge in [-0.1, -0.05) is 12.1 Å². The van der Waals surface area contributed by atoms with Gasteiger partial charge in [-0.2, -0.15) is 11.8 Å². The molecule has 1 fully saturated rings. The van der Waals surface area contributed by atoms with Crippen LogP contribution in [0, 0.1) is 5.92 Å². The Kier molecular flexibility index (Phi) is 6.36. The number of thioether (sulfide) groups is 1. The predicted molar refractivity (Wildman–Crippen MR) is 82.6 cm³/mol. The van der Waals surface area contributed by atoms with Crippen LogP contribution in [0.15, 0.2) is 24.3 Å². The first kappa shape index (κ1) is 16.9. The molecular weight excluding hydrogens is 298 g/mol. The number of hydrogen-bond donors (Lipinski definition) is 1. The number of carbonyl (C=O) groups is 2. The summed E-state index contributed by atoms with van der Waals surface area (Å²) in [5, 5.41) is 8.94. The van der Waals surface area contributed by atoms with Crippen LogP contribution in [0.1, 0.15) is 22.3 Å². The lowest BCUT2D eigenvalue weighted by atomic mass is 10.1. The van der Waals surface area contributed by atoms with Gasteiger partial charge >= 0.3 is 5.97 Å². The van der Waals surface area contributed by atoms with Crippen LogP contribution in [0.3, 0.4) is 0 Å². The molecular formula is C14H18ClNO3S. The number of hydrogen-bond acceptors (Lipinski definition) is 3. The molecule has 1 aliphatic heterocycles. The molecule has 20 heavy (non-hydrogen) atoms. The second-order valence-electron chi connectivity index (χ2n) is 4.70. The monoisotopic (exact) mass is 315 g/mol. The van der Waals surface area contributed by atoms with E-state index in [1.165, 1.54) is 5.56 Å². The Balaban J connectivity index is 0.00000200. The van der Waals surface area contributed by atoms with E-state index in [-0.39, 0.29) is 18.3 Å².